The van der Waals surface area contributed by atoms with Crippen molar-refractivity contribution in [2.45, 2.75) is 23.0 Å². The van der Waals surface area contributed by atoms with E-state index in [1.165, 1.54) is 30.8 Å². The van der Waals surface area contributed by atoms with Crippen LogP contribution < -0.4 is 0 Å². The number of rotatable bonds is 2. The molecule has 2 heterocycles. The Bertz CT molecular complexity index is 684. The van der Waals surface area contributed by atoms with Crippen molar-refractivity contribution < 1.29 is 0 Å². The molecule has 3 nitrogen and oxygen atoms in total. The van der Waals surface area contributed by atoms with Gasteiger partial charge in [-0.1, -0.05) is 11.6 Å². The SMILES string of the molecule is CN1CCC(Sc2ccc3[nH]c(=S)n(C)c3c2Cl)CC1. The average molecular weight is 328 g/mol. The zero-order valence-electron chi connectivity index (χ0n) is 11.6. The number of nitrogens with one attached hydrogen (secondary N) is 1. The predicted octanol–water partition coefficient (Wildman–Crippen LogP) is 4.08. The number of fused-ring (bicyclic) bond motifs is 1. The summed E-state index contributed by atoms with van der Waals surface area (Å²) < 4.78 is 2.66. The van der Waals surface area contributed by atoms with E-state index < -0.39 is 0 Å². The van der Waals surface area contributed by atoms with Crippen molar-refractivity contribution in [2.75, 3.05) is 20.1 Å². The summed E-state index contributed by atoms with van der Waals surface area (Å²) in [7, 11) is 4.14. The summed E-state index contributed by atoms with van der Waals surface area (Å²) in [5.41, 5.74) is 2.02. The summed E-state index contributed by atoms with van der Waals surface area (Å²) in [6.07, 6.45) is 2.45. The van der Waals surface area contributed by atoms with E-state index in [4.69, 9.17) is 23.8 Å². The minimum absolute atomic E-state index is 0.661. The Labute approximate surface area is 133 Å². The molecule has 1 fully saturated rings. The molecule has 20 heavy (non-hydrogen) atoms. The van der Waals surface area contributed by atoms with Crippen LogP contribution in [0.4, 0.5) is 0 Å². The molecule has 1 aromatic carbocycles. The molecule has 0 aliphatic carbocycles. The van der Waals surface area contributed by atoms with Crippen molar-refractivity contribution in [1.29, 1.82) is 0 Å². The first kappa shape index (κ1) is 14.4. The molecule has 6 heteroatoms. The van der Waals surface area contributed by atoms with Gasteiger partial charge in [-0.15, -0.1) is 11.8 Å². The van der Waals surface area contributed by atoms with E-state index in [0.717, 1.165) is 16.1 Å². The second kappa shape index (κ2) is 5.72. The highest BCUT2D eigenvalue weighted by molar-refractivity contribution is 8.00. The van der Waals surface area contributed by atoms with E-state index in [1.807, 2.05) is 23.4 Å². The number of thioether (sulfide) groups is 1. The molecule has 0 unspecified atom stereocenters. The zero-order chi connectivity index (χ0) is 14.3. The van der Waals surface area contributed by atoms with Crippen LogP contribution >= 0.6 is 35.6 Å². The van der Waals surface area contributed by atoms with E-state index in [1.54, 1.807) is 0 Å². The lowest BCUT2D eigenvalue weighted by Gasteiger charge is -2.28. The van der Waals surface area contributed by atoms with Crippen LogP contribution in [0.15, 0.2) is 17.0 Å². The number of hydrogen-bond donors (Lipinski definition) is 1. The Morgan fingerprint density at radius 3 is 2.70 bits per heavy atom. The van der Waals surface area contributed by atoms with Gasteiger partial charge in [0.1, 0.15) is 0 Å². The van der Waals surface area contributed by atoms with Crippen molar-refractivity contribution >= 4 is 46.6 Å². The van der Waals surface area contributed by atoms with E-state index >= 15 is 0 Å². The first-order valence-corrected chi connectivity index (χ1v) is 8.45. The number of benzene rings is 1. The van der Waals surface area contributed by atoms with Gasteiger partial charge in [0.05, 0.1) is 16.1 Å². The second-order valence-corrected chi connectivity index (χ2v) is 7.49. The van der Waals surface area contributed by atoms with E-state index in [-0.39, 0.29) is 0 Å². The summed E-state index contributed by atoms with van der Waals surface area (Å²) in [5, 5.41) is 1.48. The fourth-order valence-corrected chi connectivity index (χ4v) is 4.43. The molecule has 0 atom stereocenters. The zero-order valence-corrected chi connectivity index (χ0v) is 14.0. The van der Waals surface area contributed by atoms with Crippen molar-refractivity contribution in [3.63, 3.8) is 0 Å². The first-order valence-electron chi connectivity index (χ1n) is 6.78. The maximum absolute atomic E-state index is 6.59. The van der Waals surface area contributed by atoms with E-state index in [0.29, 0.717) is 10.0 Å². The summed E-state index contributed by atoms with van der Waals surface area (Å²) in [5.74, 6) is 0. The normalized spacial score (nSPS) is 17.9. The van der Waals surface area contributed by atoms with Crippen LogP contribution in [0.1, 0.15) is 12.8 Å². The molecule has 1 aromatic heterocycles. The highest BCUT2D eigenvalue weighted by atomic mass is 35.5. The monoisotopic (exact) mass is 327 g/mol. The van der Waals surface area contributed by atoms with Gasteiger partial charge in [-0.3, -0.25) is 0 Å². The van der Waals surface area contributed by atoms with Gasteiger partial charge in [-0.05, 0) is 57.3 Å². The van der Waals surface area contributed by atoms with E-state index in [2.05, 4.69) is 29.1 Å². The fourth-order valence-electron chi connectivity index (χ4n) is 2.65. The van der Waals surface area contributed by atoms with Crippen LogP contribution in [0, 0.1) is 4.77 Å². The van der Waals surface area contributed by atoms with Gasteiger partial charge in [0.25, 0.3) is 0 Å². The highest BCUT2D eigenvalue weighted by Crippen LogP contribution is 2.38. The molecule has 2 aromatic rings. The number of nitrogens with zero attached hydrogens (tertiary/aromatic N) is 2. The average Bonchev–Trinajstić information content (AvgIpc) is 2.72. The van der Waals surface area contributed by atoms with Crippen molar-refractivity contribution in [3.05, 3.63) is 21.9 Å². The Kier molecular flexibility index (Phi) is 4.13. The molecule has 0 saturated carbocycles. The van der Waals surface area contributed by atoms with Gasteiger partial charge in [0, 0.05) is 17.2 Å². The fraction of sp³-hybridized carbons (Fsp3) is 0.500. The van der Waals surface area contributed by atoms with Crippen LogP contribution in [0.5, 0.6) is 0 Å². The Morgan fingerprint density at radius 2 is 2.00 bits per heavy atom. The number of piperidine rings is 1. The molecule has 1 aliphatic rings. The molecule has 1 saturated heterocycles. The van der Waals surface area contributed by atoms with Crippen molar-refractivity contribution in [3.8, 4) is 0 Å². The molecule has 108 valence electrons. The third kappa shape index (κ3) is 2.64. The maximum Gasteiger partial charge on any atom is 0.177 e. The third-order valence-corrected chi connectivity index (χ3v) is 6.19. The number of likely N-dealkylation sites (tertiary alicyclic amines) is 1. The number of imidazole rings is 1. The standard InChI is InChI=1S/C14H18ClN3S2/c1-17-7-5-9(6-8-17)20-11-4-3-10-13(12(11)15)18(2)14(19)16-10/h3-4,9H,5-8H2,1-2H3,(H,16,19). The number of H-pyrrole nitrogens is 1. The number of hydrogen-bond acceptors (Lipinski definition) is 3. The summed E-state index contributed by atoms with van der Waals surface area (Å²) in [4.78, 5) is 6.73. The van der Waals surface area contributed by atoms with Crippen LogP contribution in [-0.4, -0.2) is 39.8 Å². The number of aryl methyl sites for hydroxylation is 1. The largest absolute Gasteiger partial charge is 0.331 e. The number of aromatic amines is 1. The van der Waals surface area contributed by atoms with Crippen LogP contribution in [0.25, 0.3) is 11.0 Å². The third-order valence-electron chi connectivity index (χ3n) is 3.92. The maximum atomic E-state index is 6.59. The molecule has 0 amide bonds. The van der Waals surface area contributed by atoms with Gasteiger partial charge >= 0.3 is 0 Å². The molecular weight excluding hydrogens is 310 g/mol. The van der Waals surface area contributed by atoms with Crippen LogP contribution in [-0.2, 0) is 7.05 Å². The predicted molar refractivity (Wildman–Crippen MR) is 89.5 cm³/mol. The highest BCUT2D eigenvalue weighted by Gasteiger charge is 2.20. The molecule has 1 aliphatic heterocycles. The van der Waals surface area contributed by atoms with Gasteiger partial charge in [-0.25, -0.2) is 0 Å². The van der Waals surface area contributed by atoms with E-state index in [9.17, 15) is 0 Å². The lowest BCUT2D eigenvalue weighted by molar-refractivity contribution is 0.282. The van der Waals surface area contributed by atoms with Crippen LogP contribution in [0.3, 0.4) is 0 Å². The van der Waals surface area contributed by atoms with Crippen molar-refractivity contribution in [1.82, 2.24) is 14.5 Å². The quantitative estimate of drug-likeness (QED) is 0.841. The minimum atomic E-state index is 0.661. The molecule has 1 N–H and O–H groups in total. The Hall–Kier alpha value is -0.490. The molecule has 0 radical (unpaired) electrons. The molecule has 0 bridgehead atoms. The number of aromatic nitrogens is 2. The van der Waals surface area contributed by atoms with Gasteiger partial charge < -0.3 is 14.5 Å². The smallest absolute Gasteiger partial charge is 0.177 e. The van der Waals surface area contributed by atoms with Crippen molar-refractivity contribution in [2.24, 2.45) is 7.05 Å². The Morgan fingerprint density at radius 1 is 1.30 bits per heavy atom. The molecular formula is C14H18ClN3S2. The summed E-state index contributed by atoms with van der Waals surface area (Å²) >= 11 is 13.8. The lowest BCUT2D eigenvalue weighted by atomic mass is 10.1. The minimum Gasteiger partial charge on any atom is -0.331 e. The lowest BCUT2D eigenvalue weighted by Crippen LogP contribution is -2.31. The topological polar surface area (TPSA) is 24.0 Å². The summed E-state index contributed by atoms with van der Waals surface area (Å²) in [6, 6.07) is 4.19. The van der Waals surface area contributed by atoms with Gasteiger partial charge in [0.15, 0.2) is 4.77 Å². The Balaban J connectivity index is 1.90. The summed E-state index contributed by atoms with van der Waals surface area (Å²) in [6.45, 7) is 2.34. The second-order valence-electron chi connectivity index (χ2n) is 5.38. The van der Waals surface area contributed by atoms with Crippen LogP contribution in [0.2, 0.25) is 5.02 Å². The van der Waals surface area contributed by atoms with Gasteiger partial charge in [0.2, 0.25) is 0 Å². The first-order chi connectivity index (χ1) is 9.56. The number of halogens is 1. The molecule has 3 rings (SSSR count). The molecule has 0 spiro atoms. The van der Waals surface area contributed by atoms with Gasteiger partial charge in [-0.2, -0.15) is 0 Å².